The van der Waals surface area contributed by atoms with E-state index >= 15 is 0 Å². The molecule has 9 heteroatoms. The van der Waals surface area contributed by atoms with E-state index in [1.165, 1.54) is 19.1 Å². The van der Waals surface area contributed by atoms with Crippen molar-refractivity contribution in [2.45, 2.75) is 20.3 Å². The second-order valence-corrected chi connectivity index (χ2v) is 6.45. The maximum atomic E-state index is 12.6. The van der Waals surface area contributed by atoms with Crippen LogP contribution < -0.4 is 14.5 Å². The molecule has 0 bridgehead atoms. The van der Waals surface area contributed by atoms with Gasteiger partial charge in [0.05, 0.1) is 23.1 Å². The number of carbonyl (C=O) groups excluding carboxylic acids is 3. The van der Waals surface area contributed by atoms with E-state index in [4.69, 9.17) is 4.74 Å². The fraction of sp³-hybridized carbons (Fsp3) is 0.190. The number of ether oxygens (including phenoxy) is 1. The Bertz CT molecular complexity index is 1200. The zero-order valence-corrected chi connectivity index (χ0v) is 16.4. The lowest BCUT2D eigenvalue weighted by atomic mass is 10.1. The SMILES string of the molecule is CCOc1ccc(NC(=O)C(=O)CC(=O)c2c(C)n([O-])c3ccccc3[n+]2=O)cc1. The zero-order valence-electron chi connectivity index (χ0n) is 16.4. The van der Waals surface area contributed by atoms with E-state index in [1.807, 2.05) is 6.92 Å². The van der Waals surface area contributed by atoms with Crippen LogP contribution in [0.5, 0.6) is 5.75 Å². The summed E-state index contributed by atoms with van der Waals surface area (Å²) in [5.41, 5.74) is -0.171. The van der Waals surface area contributed by atoms with Crippen LogP contribution in [0.1, 0.15) is 29.5 Å². The zero-order chi connectivity index (χ0) is 21.8. The van der Waals surface area contributed by atoms with Crippen LogP contribution in [0.15, 0.2) is 48.5 Å². The Labute approximate surface area is 171 Å². The minimum atomic E-state index is -1.03. The molecule has 0 aliphatic carbocycles. The van der Waals surface area contributed by atoms with Gasteiger partial charge in [-0.05, 0) is 44.2 Å². The van der Waals surface area contributed by atoms with Gasteiger partial charge >= 0.3 is 5.69 Å². The second-order valence-electron chi connectivity index (χ2n) is 6.45. The van der Waals surface area contributed by atoms with Crippen LogP contribution in [-0.4, -0.2) is 28.8 Å². The van der Waals surface area contributed by atoms with E-state index in [1.54, 1.807) is 36.4 Å². The van der Waals surface area contributed by atoms with Crippen molar-refractivity contribution in [2.75, 3.05) is 11.9 Å². The summed E-state index contributed by atoms with van der Waals surface area (Å²) in [5.74, 6) is -2.34. The normalized spacial score (nSPS) is 10.6. The van der Waals surface area contributed by atoms with Crippen molar-refractivity contribution in [3.63, 3.8) is 0 Å². The van der Waals surface area contributed by atoms with Gasteiger partial charge in [-0.1, -0.05) is 12.1 Å². The van der Waals surface area contributed by atoms with Crippen molar-refractivity contribution in [3.8, 4) is 5.75 Å². The Balaban J connectivity index is 1.78. The average molecular weight is 409 g/mol. The van der Waals surface area contributed by atoms with Gasteiger partial charge in [0.1, 0.15) is 11.3 Å². The lowest BCUT2D eigenvalue weighted by Crippen LogP contribution is -2.33. The average Bonchev–Trinajstić information content (AvgIpc) is 2.73. The Kier molecular flexibility index (Phi) is 5.91. The molecule has 1 aromatic heterocycles. The highest BCUT2D eigenvalue weighted by Gasteiger charge is 2.30. The first-order chi connectivity index (χ1) is 14.3. The summed E-state index contributed by atoms with van der Waals surface area (Å²) in [6.07, 6.45) is -0.843. The number of Topliss-reactive ketones (excluding diaryl/α,β-unsaturated/α-hetero) is 2. The van der Waals surface area contributed by atoms with Gasteiger partial charge in [-0.15, -0.1) is 0 Å². The molecular weight excluding hydrogens is 390 g/mol. The Morgan fingerprint density at radius 1 is 1.10 bits per heavy atom. The quantitative estimate of drug-likeness (QED) is 0.277. The van der Waals surface area contributed by atoms with Gasteiger partial charge in [-0.3, -0.25) is 14.4 Å². The maximum Gasteiger partial charge on any atom is 0.325 e. The topological polar surface area (TPSA) is 123 Å². The number of nitrogens with one attached hydrogen (secondary N) is 1. The number of rotatable bonds is 7. The molecule has 1 amide bonds. The molecule has 0 aliphatic heterocycles. The summed E-state index contributed by atoms with van der Waals surface area (Å²) < 4.78 is 6.07. The van der Waals surface area contributed by atoms with E-state index in [9.17, 15) is 24.5 Å². The monoisotopic (exact) mass is 409 g/mol. The summed E-state index contributed by atoms with van der Waals surface area (Å²) in [6, 6.07) is 12.3. The molecule has 0 aliphatic rings. The lowest BCUT2D eigenvalue weighted by molar-refractivity contribution is -0.468. The number of carbonyl (C=O) groups is 3. The van der Waals surface area contributed by atoms with Crippen molar-refractivity contribution in [1.29, 1.82) is 0 Å². The number of hydrogen-bond donors (Lipinski definition) is 1. The summed E-state index contributed by atoms with van der Waals surface area (Å²) in [6.45, 7) is 3.64. The molecule has 0 fully saturated rings. The third-order valence-corrected chi connectivity index (χ3v) is 4.43. The van der Waals surface area contributed by atoms with E-state index in [0.717, 1.165) is 0 Å². The van der Waals surface area contributed by atoms with E-state index in [2.05, 4.69) is 5.32 Å². The molecular formula is C21H19N3O6. The summed E-state index contributed by atoms with van der Waals surface area (Å²) in [7, 11) is 0. The highest BCUT2D eigenvalue weighted by atomic mass is 16.5. The van der Waals surface area contributed by atoms with Crippen molar-refractivity contribution in [1.82, 2.24) is 4.73 Å². The maximum absolute atomic E-state index is 12.6. The molecule has 30 heavy (non-hydrogen) atoms. The van der Waals surface area contributed by atoms with E-state index in [-0.39, 0.29) is 16.7 Å². The molecule has 1 heterocycles. The predicted octanol–water partition coefficient (Wildman–Crippen LogP) is 2.39. The minimum absolute atomic E-state index is 0.00672. The molecule has 0 saturated carbocycles. The molecule has 0 spiro atoms. The number of anilines is 1. The van der Waals surface area contributed by atoms with Crippen LogP contribution in [0, 0.1) is 17.0 Å². The van der Waals surface area contributed by atoms with Crippen LogP contribution >= 0.6 is 0 Å². The highest BCUT2D eigenvalue weighted by molar-refractivity contribution is 6.43. The first-order valence-electron chi connectivity index (χ1n) is 9.18. The third kappa shape index (κ3) is 4.04. The van der Waals surface area contributed by atoms with Gasteiger partial charge in [0.15, 0.2) is 0 Å². The molecule has 1 N–H and O–H groups in total. The number of nitrogens with zero attached hydrogens (tertiary/aromatic N) is 2. The minimum Gasteiger partial charge on any atom is -0.805 e. The number of ketones is 2. The Morgan fingerprint density at radius 2 is 1.77 bits per heavy atom. The summed E-state index contributed by atoms with van der Waals surface area (Å²) in [4.78, 5) is 49.5. The van der Waals surface area contributed by atoms with Gasteiger partial charge in [0, 0.05) is 16.7 Å². The van der Waals surface area contributed by atoms with Crippen LogP contribution in [0.4, 0.5) is 5.69 Å². The molecule has 2 aromatic carbocycles. The molecule has 0 unspecified atom stereocenters. The van der Waals surface area contributed by atoms with Crippen LogP contribution in [0.25, 0.3) is 11.0 Å². The Hall–Kier alpha value is -4.01. The molecule has 3 aromatic rings. The fourth-order valence-electron chi connectivity index (χ4n) is 2.98. The molecule has 0 atom stereocenters. The smallest absolute Gasteiger partial charge is 0.325 e. The molecule has 3 rings (SSSR count). The molecule has 9 nitrogen and oxygen atoms in total. The van der Waals surface area contributed by atoms with Gasteiger partial charge in [-0.25, -0.2) is 0 Å². The van der Waals surface area contributed by atoms with Crippen molar-refractivity contribution in [2.24, 2.45) is 0 Å². The van der Waals surface area contributed by atoms with Crippen molar-refractivity contribution >= 4 is 34.2 Å². The number of amides is 1. The number of para-hydroxylation sites is 2. The summed E-state index contributed by atoms with van der Waals surface area (Å²) >= 11 is 0. The largest absolute Gasteiger partial charge is 0.805 e. The summed E-state index contributed by atoms with van der Waals surface area (Å²) in [5, 5.41) is 14.8. The number of fused-ring (bicyclic) bond motifs is 1. The highest BCUT2D eigenvalue weighted by Crippen LogP contribution is 2.17. The molecule has 0 radical (unpaired) electrons. The third-order valence-electron chi connectivity index (χ3n) is 4.43. The van der Waals surface area contributed by atoms with E-state index < -0.39 is 29.6 Å². The molecule has 154 valence electrons. The van der Waals surface area contributed by atoms with E-state index in [0.29, 0.717) is 27.2 Å². The number of benzene rings is 2. The van der Waals surface area contributed by atoms with Gasteiger partial charge in [0.2, 0.25) is 11.6 Å². The van der Waals surface area contributed by atoms with Crippen molar-refractivity contribution < 1.29 is 23.5 Å². The number of hydrogen-bond acceptors (Lipinski definition) is 6. The molecule has 0 saturated heterocycles. The predicted molar refractivity (Wildman–Crippen MR) is 109 cm³/mol. The Morgan fingerprint density at radius 3 is 2.43 bits per heavy atom. The van der Waals surface area contributed by atoms with Gasteiger partial charge < -0.3 is 20.0 Å². The van der Waals surface area contributed by atoms with Crippen molar-refractivity contribution in [3.05, 3.63) is 70.0 Å². The van der Waals surface area contributed by atoms with Gasteiger partial charge in [0.25, 0.3) is 11.4 Å². The first kappa shape index (κ1) is 20.7. The van der Waals surface area contributed by atoms with Crippen LogP contribution in [0.2, 0.25) is 0 Å². The number of aromatic nitrogens is 2. The van der Waals surface area contributed by atoms with Crippen LogP contribution in [-0.2, 0) is 9.59 Å². The van der Waals surface area contributed by atoms with Crippen LogP contribution in [0.3, 0.4) is 0 Å². The first-order valence-corrected chi connectivity index (χ1v) is 9.18. The van der Waals surface area contributed by atoms with Gasteiger partial charge in [-0.2, -0.15) is 0 Å². The fourth-order valence-corrected chi connectivity index (χ4v) is 2.98. The lowest BCUT2D eigenvalue weighted by Gasteiger charge is -2.15. The standard InChI is InChI=1S/C21H19N3O6/c1-3-30-15-10-8-14(9-11-15)22-21(27)19(26)12-18(25)20-13(2)23(28)16-6-4-5-7-17(16)24(20)29/h4-11H,3,12H2,1-2H3,(H,22,27). The second kappa shape index (κ2) is 8.56.